The van der Waals surface area contributed by atoms with Crippen LogP contribution in [-0.2, 0) is 7.05 Å². The molecule has 2 heterocycles. The van der Waals surface area contributed by atoms with Crippen molar-refractivity contribution in [1.29, 1.82) is 5.41 Å². The Kier molecular flexibility index (Phi) is 3.33. The van der Waals surface area contributed by atoms with Gasteiger partial charge in [0.15, 0.2) is 0 Å². The van der Waals surface area contributed by atoms with Crippen LogP contribution in [0.15, 0.2) is 0 Å². The maximum absolute atomic E-state index is 7.69. The second-order valence-electron chi connectivity index (χ2n) is 4.45. The lowest BCUT2D eigenvalue weighted by Gasteiger charge is -2.32. The van der Waals surface area contributed by atoms with E-state index in [0.717, 1.165) is 35.9 Å². The summed E-state index contributed by atoms with van der Waals surface area (Å²) in [6.07, 6.45) is 0. The Hall–Kier alpha value is -1.17. The fourth-order valence-corrected chi connectivity index (χ4v) is 3.35. The minimum Gasteiger partial charge on any atom is -0.384 e. The summed E-state index contributed by atoms with van der Waals surface area (Å²) in [5.74, 6) is 2.21. The number of nitrogens with zero attached hydrogens (tertiary/aromatic N) is 3. The molecule has 6 heteroatoms. The van der Waals surface area contributed by atoms with Crippen molar-refractivity contribution < 1.29 is 0 Å². The molecule has 1 fully saturated rings. The molecule has 2 rings (SSSR count). The second-order valence-corrected chi connectivity index (χ2v) is 6.00. The molecule has 17 heavy (non-hydrogen) atoms. The molecule has 1 saturated heterocycles. The summed E-state index contributed by atoms with van der Waals surface area (Å²) in [5.41, 5.74) is 7.29. The third-order valence-electron chi connectivity index (χ3n) is 3.00. The van der Waals surface area contributed by atoms with Crippen molar-refractivity contribution in [1.82, 2.24) is 9.78 Å². The maximum atomic E-state index is 7.69. The Morgan fingerprint density at radius 2 is 2.29 bits per heavy atom. The largest absolute Gasteiger partial charge is 0.384 e. The van der Waals surface area contributed by atoms with Gasteiger partial charge in [-0.3, -0.25) is 10.1 Å². The summed E-state index contributed by atoms with van der Waals surface area (Å²) >= 11 is 1.99. The van der Waals surface area contributed by atoms with Crippen molar-refractivity contribution in [2.45, 2.75) is 19.1 Å². The van der Waals surface area contributed by atoms with E-state index in [0.29, 0.717) is 5.25 Å². The van der Waals surface area contributed by atoms with Crippen LogP contribution >= 0.6 is 11.8 Å². The number of hydrogen-bond acceptors (Lipinski definition) is 4. The van der Waals surface area contributed by atoms with Gasteiger partial charge in [0.1, 0.15) is 11.7 Å². The first-order valence-corrected chi connectivity index (χ1v) is 6.80. The number of nitrogens with two attached hydrogens (primary N) is 1. The highest BCUT2D eigenvalue weighted by molar-refractivity contribution is 8.00. The first-order valence-electron chi connectivity index (χ1n) is 5.75. The van der Waals surface area contributed by atoms with Crippen molar-refractivity contribution in [3.63, 3.8) is 0 Å². The molecular weight excluding hydrogens is 234 g/mol. The molecule has 0 spiro atoms. The number of aromatic nitrogens is 2. The number of rotatable bonds is 2. The van der Waals surface area contributed by atoms with Crippen LogP contribution in [0.1, 0.15) is 18.2 Å². The minimum atomic E-state index is 0.108. The number of nitrogen functional groups attached to an aromatic ring is 1. The van der Waals surface area contributed by atoms with Gasteiger partial charge >= 0.3 is 0 Å². The van der Waals surface area contributed by atoms with Crippen molar-refractivity contribution >= 4 is 23.4 Å². The lowest BCUT2D eigenvalue weighted by Crippen LogP contribution is -2.38. The quantitative estimate of drug-likeness (QED) is 0.608. The smallest absolute Gasteiger partial charge is 0.137 e. The van der Waals surface area contributed by atoms with Crippen molar-refractivity contribution in [2.24, 2.45) is 12.8 Å². The number of aryl methyl sites for hydroxylation is 2. The fraction of sp³-hybridized carbons (Fsp3) is 0.636. The van der Waals surface area contributed by atoms with Crippen LogP contribution in [-0.4, -0.2) is 39.7 Å². The van der Waals surface area contributed by atoms with Crippen molar-refractivity contribution in [2.75, 3.05) is 23.7 Å². The normalized spacial score (nSPS) is 20.6. The first-order chi connectivity index (χ1) is 8.00. The Bertz CT molecular complexity index is 439. The highest BCUT2D eigenvalue weighted by Crippen LogP contribution is 2.27. The topological polar surface area (TPSA) is 70.9 Å². The van der Waals surface area contributed by atoms with Gasteiger partial charge in [0.2, 0.25) is 0 Å². The van der Waals surface area contributed by atoms with Crippen molar-refractivity contribution in [3.8, 4) is 0 Å². The van der Waals surface area contributed by atoms with Gasteiger partial charge in [-0.15, -0.1) is 0 Å². The molecule has 0 aromatic carbocycles. The van der Waals surface area contributed by atoms with Crippen LogP contribution in [0.3, 0.4) is 0 Å². The van der Waals surface area contributed by atoms with E-state index in [9.17, 15) is 0 Å². The molecule has 1 aromatic heterocycles. The number of thioether (sulfide) groups is 1. The Labute approximate surface area is 106 Å². The molecule has 5 nitrogen and oxygen atoms in total. The molecule has 0 radical (unpaired) electrons. The summed E-state index contributed by atoms with van der Waals surface area (Å²) in [6, 6.07) is 0. The van der Waals surface area contributed by atoms with E-state index in [-0.39, 0.29) is 5.84 Å². The summed E-state index contributed by atoms with van der Waals surface area (Å²) < 4.78 is 1.84. The van der Waals surface area contributed by atoms with Crippen LogP contribution in [0.25, 0.3) is 0 Å². The number of nitrogens with one attached hydrogen (secondary N) is 1. The second kappa shape index (κ2) is 4.60. The van der Waals surface area contributed by atoms with Crippen LogP contribution in [0, 0.1) is 12.3 Å². The number of anilines is 1. The standard InChI is InChI=1S/C11H19N5S/c1-7-6-16(4-5-17-7)11-9(10(12)13)8(2)14-15(11)3/h7H,4-6H2,1-3H3,(H3,12,13). The zero-order chi connectivity index (χ0) is 12.6. The van der Waals surface area contributed by atoms with E-state index in [1.165, 1.54) is 0 Å². The van der Waals surface area contributed by atoms with Crippen molar-refractivity contribution in [3.05, 3.63) is 11.3 Å². The van der Waals surface area contributed by atoms with Gasteiger partial charge in [0.05, 0.1) is 11.3 Å². The molecule has 1 aliphatic rings. The molecule has 0 bridgehead atoms. The molecule has 3 N–H and O–H groups in total. The van der Waals surface area contributed by atoms with E-state index < -0.39 is 0 Å². The molecule has 1 aliphatic heterocycles. The van der Waals surface area contributed by atoms with Gasteiger partial charge in [-0.1, -0.05) is 6.92 Å². The van der Waals surface area contributed by atoms with E-state index in [2.05, 4.69) is 16.9 Å². The van der Waals surface area contributed by atoms with E-state index in [1.54, 1.807) is 0 Å². The summed E-state index contributed by atoms with van der Waals surface area (Å²) in [5, 5.41) is 12.7. The Morgan fingerprint density at radius 3 is 2.88 bits per heavy atom. The minimum absolute atomic E-state index is 0.108. The van der Waals surface area contributed by atoms with E-state index in [4.69, 9.17) is 11.1 Å². The van der Waals surface area contributed by atoms with Crippen LogP contribution < -0.4 is 10.6 Å². The molecule has 1 aromatic rings. The zero-order valence-electron chi connectivity index (χ0n) is 10.5. The molecule has 94 valence electrons. The highest BCUT2D eigenvalue weighted by Gasteiger charge is 2.25. The molecule has 1 atom stereocenters. The van der Waals surface area contributed by atoms with Gasteiger partial charge in [0, 0.05) is 31.1 Å². The summed E-state index contributed by atoms with van der Waals surface area (Å²) in [4.78, 5) is 2.29. The average Bonchev–Trinajstić information content (AvgIpc) is 2.53. The van der Waals surface area contributed by atoms with Gasteiger partial charge in [-0.25, -0.2) is 0 Å². The lowest BCUT2D eigenvalue weighted by molar-refractivity contribution is 0.694. The van der Waals surface area contributed by atoms with Gasteiger partial charge in [0.25, 0.3) is 0 Å². The first kappa shape index (κ1) is 12.3. The maximum Gasteiger partial charge on any atom is 0.137 e. The summed E-state index contributed by atoms with van der Waals surface area (Å²) in [6.45, 7) is 6.12. The SMILES string of the molecule is Cc1nn(C)c(N2CCSC(C)C2)c1C(=N)N. The van der Waals surface area contributed by atoms with Crippen LogP contribution in [0.5, 0.6) is 0 Å². The number of hydrogen-bond donors (Lipinski definition) is 2. The Morgan fingerprint density at radius 1 is 1.59 bits per heavy atom. The molecule has 0 aliphatic carbocycles. The molecule has 0 saturated carbocycles. The predicted molar refractivity (Wildman–Crippen MR) is 73.1 cm³/mol. The molecular formula is C11H19N5S. The monoisotopic (exact) mass is 253 g/mol. The predicted octanol–water partition coefficient (Wildman–Crippen LogP) is 0.954. The van der Waals surface area contributed by atoms with E-state index >= 15 is 0 Å². The van der Waals surface area contributed by atoms with Gasteiger partial charge in [-0.05, 0) is 6.92 Å². The fourth-order valence-electron chi connectivity index (χ4n) is 2.33. The highest BCUT2D eigenvalue weighted by atomic mass is 32.2. The van der Waals surface area contributed by atoms with E-state index in [1.807, 2.05) is 30.4 Å². The average molecular weight is 253 g/mol. The zero-order valence-corrected chi connectivity index (χ0v) is 11.3. The van der Waals surface area contributed by atoms with Crippen LogP contribution in [0.2, 0.25) is 0 Å². The third kappa shape index (κ3) is 2.26. The van der Waals surface area contributed by atoms with Gasteiger partial charge in [-0.2, -0.15) is 16.9 Å². The summed E-state index contributed by atoms with van der Waals surface area (Å²) in [7, 11) is 1.92. The van der Waals surface area contributed by atoms with Crippen LogP contribution in [0.4, 0.5) is 5.82 Å². The Balaban J connectivity index is 2.40. The lowest BCUT2D eigenvalue weighted by atomic mass is 10.2. The number of amidine groups is 1. The van der Waals surface area contributed by atoms with Gasteiger partial charge < -0.3 is 10.6 Å². The third-order valence-corrected chi connectivity index (χ3v) is 4.14. The molecule has 1 unspecified atom stereocenters. The molecule has 0 amide bonds.